The van der Waals surface area contributed by atoms with E-state index in [9.17, 15) is 0 Å². The molecule has 0 saturated heterocycles. The van der Waals surface area contributed by atoms with Gasteiger partial charge in [0.05, 0.1) is 0 Å². The quantitative estimate of drug-likeness (QED) is 0.883. The molecule has 0 fully saturated rings. The van der Waals surface area contributed by atoms with Crippen LogP contribution in [0, 0.1) is 6.92 Å². The summed E-state index contributed by atoms with van der Waals surface area (Å²) in [5.74, 6) is 1.73. The minimum absolute atomic E-state index is 0.843. The summed E-state index contributed by atoms with van der Waals surface area (Å²) in [6.07, 6.45) is 0. The molecule has 0 unspecified atom stereocenters. The summed E-state index contributed by atoms with van der Waals surface area (Å²) in [6.45, 7) is 4.99. The molecule has 0 atom stereocenters. The van der Waals surface area contributed by atoms with Gasteiger partial charge >= 0.3 is 0 Å². The van der Waals surface area contributed by atoms with Crippen LogP contribution in [0.1, 0.15) is 12.5 Å². The zero-order chi connectivity index (χ0) is 13.0. The number of hydrogen-bond acceptors (Lipinski definition) is 3. The van der Waals surface area contributed by atoms with Gasteiger partial charge in [-0.1, -0.05) is 22.0 Å². The van der Waals surface area contributed by atoms with Gasteiger partial charge in [-0.25, -0.2) is 4.98 Å². The molecule has 2 N–H and O–H groups in total. The van der Waals surface area contributed by atoms with Crippen LogP contribution in [0.4, 0.5) is 17.3 Å². The molecule has 1 aromatic heterocycles. The topological polar surface area (TPSA) is 37.0 Å². The van der Waals surface area contributed by atoms with E-state index >= 15 is 0 Å². The Morgan fingerprint density at radius 1 is 1.17 bits per heavy atom. The summed E-state index contributed by atoms with van der Waals surface area (Å²) in [7, 11) is 0. The third-order valence-electron chi connectivity index (χ3n) is 2.54. The number of pyridine rings is 1. The Morgan fingerprint density at radius 2 is 1.94 bits per heavy atom. The summed E-state index contributed by atoms with van der Waals surface area (Å²) in [5, 5.41) is 6.49. The molecule has 1 aromatic carbocycles. The maximum Gasteiger partial charge on any atom is 0.132 e. The number of hydrogen-bond donors (Lipinski definition) is 2. The molecule has 4 heteroatoms. The summed E-state index contributed by atoms with van der Waals surface area (Å²) in [6, 6.07) is 12.1. The van der Waals surface area contributed by atoms with Gasteiger partial charge in [0.15, 0.2) is 0 Å². The van der Waals surface area contributed by atoms with Crippen LogP contribution >= 0.6 is 15.9 Å². The van der Waals surface area contributed by atoms with Gasteiger partial charge in [-0.05, 0) is 49.7 Å². The van der Waals surface area contributed by atoms with E-state index in [1.807, 2.05) is 30.3 Å². The van der Waals surface area contributed by atoms with Gasteiger partial charge < -0.3 is 10.6 Å². The fourth-order valence-corrected chi connectivity index (χ4v) is 1.90. The molecule has 0 aliphatic rings. The lowest BCUT2D eigenvalue weighted by Gasteiger charge is -2.09. The predicted octanol–water partition coefficient (Wildman–Crippen LogP) is 4.33. The standard InChI is InChI=1S/C14H16BrN3/c1-3-16-13-5-4-6-14(18-13)17-11-7-8-12(15)10(2)9-11/h4-9H,3H2,1-2H3,(H2,16,17,18). The zero-order valence-electron chi connectivity index (χ0n) is 10.5. The van der Waals surface area contributed by atoms with Crippen LogP contribution in [0.25, 0.3) is 0 Å². The largest absolute Gasteiger partial charge is 0.370 e. The van der Waals surface area contributed by atoms with Crippen LogP contribution in [0.2, 0.25) is 0 Å². The van der Waals surface area contributed by atoms with Crippen molar-refractivity contribution >= 4 is 33.3 Å². The molecule has 0 spiro atoms. The third-order valence-corrected chi connectivity index (χ3v) is 3.43. The first-order chi connectivity index (χ1) is 8.69. The zero-order valence-corrected chi connectivity index (χ0v) is 12.1. The van der Waals surface area contributed by atoms with Crippen molar-refractivity contribution in [2.24, 2.45) is 0 Å². The average Bonchev–Trinajstić information content (AvgIpc) is 2.35. The van der Waals surface area contributed by atoms with Gasteiger partial charge in [-0.3, -0.25) is 0 Å². The first-order valence-electron chi connectivity index (χ1n) is 5.93. The minimum Gasteiger partial charge on any atom is -0.370 e. The number of nitrogens with one attached hydrogen (secondary N) is 2. The van der Waals surface area contributed by atoms with E-state index in [1.165, 1.54) is 5.56 Å². The highest BCUT2D eigenvalue weighted by atomic mass is 79.9. The van der Waals surface area contributed by atoms with E-state index in [-0.39, 0.29) is 0 Å². The van der Waals surface area contributed by atoms with Crippen molar-refractivity contribution in [2.45, 2.75) is 13.8 Å². The summed E-state index contributed by atoms with van der Waals surface area (Å²) in [4.78, 5) is 4.48. The maximum atomic E-state index is 4.48. The highest BCUT2D eigenvalue weighted by Crippen LogP contribution is 2.22. The molecule has 0 radical (unpaired) electrons. The van der Waals surface area contributed by atoms with Crippen molar-refractivity contribution in [3.63, 3.8) is 0 Å². The highest BCUT2D eigenvalue weighted by molar-refractivity contribution is 9.10. The van der Waals surface area contributed by atoms with Crippen molar-refractivity contribution in [1.29, 1.82) is 0 Å². The van der Waals surface area contributed by atoms with Crippen LogP contribution < -0.4 is 10.6 Å². The normalized spacial score (nSPS) is 10.2. The average molecular weight is 306 g/mol. The van der Waals surface area contributed by atoms with Gasteiger partial charge in [0, 0.05) is 16.7 Å². The van der Waals surface area contributed by atoms with Crippen molar-refractivity contribution in [2.75, 3.05) is 17.2 Å². The molecule has 94 valence electrons. The lowest BCUT2D eigenvalue weighted by molar-refractivity contribution is 1.16. The Morgan fingerprint density at radius 3 is 2.67 bits per heavy atom. The second kappa shape index (κ2) is 5.87. The number of halogens is 1. The van der Waals surface area contributed by atoms with Crippen molar-refractivity contribution in [3.8, 4) is 0 Å². The molecule has 2 aromatic rings. The maximum absolute atomic E-state index is 4.48. The monoisotopic (exact) mass is 305 g/mol. The smallest absolute Gasteiger partial charge is 0.132 e. The predicted molar refractivity (Wildman–Crippen MR) is 80.6 cm³/mol. The number of benzene rings is 1. The van der Waals surface area contributed by atoms with Crippen LogP contribution in [-0.4, -0.2) is 11.5 Å². The number of aromatic nitrogens is 1. The van der Waals surface area contributed by atoms with E-state index in [0.717, 1.165) is 28.3 Å². The van der Waals surface area contributed by atoms with Crippen molar-refractivity contribution in [3.05, 3.63) is 46.4 Å². The minimum atomic E-state index is 0.843. The van der Waals surface area contributed by atoms with Crippen molar-refractivity contribution < 1.29 is 0 Å². The summed E-state index contributed by atoms with van der Waals surface area (Å²) >= 11 is 3.49. The number of anilines is 3. The van der Waals surface area contributed by atoms with Gasteiger partial charge in [0.1, 0.15) is 11.6 Å². The Kier molecular flexibility index (Phi) is 4.20. The van der Waals surface area contributed by atoms with Gasteiger partial charge in [0.2, 0.25) is 0 Å². The Balaban J connectivity index is 2.17. The molecule has 3 nitrogen and oxygen atoms in total. The van der Waals surface area contributed by atoms with Crippen molar-refractivity contribution in [1.82, 2.24) is 4.98 Å². The SMILES string of the molecule is CCNc1cccc(Nc2ccc(Br)c(C)c2)n1. The fourth-order valence-electron chi connectivity index (χ4n) is 1.65. The molecule has 2 rings (SSSR count). The van der Waals surface area contributed by atoms with E-state index in [1.54, 1.807) is 0 Å². The molecule has 0 bridgehead atoms. The molecule has 0 amide bonds. The lowest BCUT2D eigenvalue weighted by atomic mass is 10.2. The molecule has 0 aliphatic heterocycles. The lowest BCUT2D eigenvalue weighted by Crippen LogP contribution is -2.01. The second-order valence-corrected chi connectivity index (χ2v) is 4.88. The molecule has 0 saturated carbocycles. The molecular formula is C14H16BrN3. The summed E-state index contributed by atoms with van der Waals surface area (Å²) in [5.41, 5.74) is 2.24. The number of aryl methyl sites for hydroxylation is 1. The van der Waals surface area contributed by atoms with E-state index in [2.05, 4.69) is 51.5 Å². The number of rotatable bonds is 4. The van der Waals surface area contributed by atoms with Crippen LogP contribution in [0.5, 0.6) is 0 Å². The van der Waals surface area contributed by atoms with E-state index < -0.39 is 0 Å². The van der Waals surface area contributed by atoms with E-state index in [0.29, 0.717) is 0 Å². The molecule has 18 heavy (non-hydrogen) atoms. The van der Waals surface area contributed by atoms with Gasteiger partial charge in [0.25, 0.3) is 0 Å². The molecule has 1 heterocycles. The molecular weight excluding hydrogens is 290 g/mol. The first-order valence-corrected chi connectivity index (χ1v) is 6.72. The molecule has 0 aliphatic carbocycles. The Bertz CT molecular complexity index is 540. The summed E-state index contributed by atoms with van der Waals surface area (Å²) < 4.78 is 1.11. The van der Waals surface area contributed by atoms with Gasteiger partial charge in [-0.15, -0.1) is 0 Å². The highest BCUT2D eigenvalue weighted by Gasteiger charge is 2.00. The van der Waals surface area contributed by atoms with Crippen LogP contribution in [0.15, 0.2) is 40.9 Å². The first kappa shape index (κ1) is 12.9. The van der Waals surface area contributed by atoms with Gasteiger partial charge in [-0.2, -0.15) is 0 Å². The Hall–Kier alpha value is -1.55. The van der Waals surface area contributed by atoms with E-state index in [4.69, 9.17) is 0 Å². The second-order valence-electron chi connectivity index (χ2n) is 4.03. The van der Waals surface area contributed by atoms with Crippen LogP contribution in [0.3, 0.4) is 0 Å². The number of nitrogens with zero attached hydrogens (tertiary/aromatic N) is 1. The third kappa shape index (κ3) is 3.23. The van der Waals surface area contributed by atoms with Crippen LogP contribution in [-0.2, 0) is 0 Å². The fraction of sp³-hybridized carbons (Fsp3) is 0.214. The Labute approximate surface area is 116 Å².